The number of rotatable bonds is 5. The fourth-order valence-electron chi connectivity index (χ4n) is 6.34. The number of ether oxygens (including phenoxy) is 4. The molecule has 281 valence electrons. The molecule has 18 heteroatoms. The number of hydrogen-bond acceptors (Lipinski definition) is 13. The van der Waals surface area contributed by atoms with Gasteiger partial charge >= 0.3 is 12.0 Å². The summed E-state index contributed by atoms with van der Waals surface area (Å²) in [4.78, 5) is 51.5. The second-order valence-electron chi connectivity index (χ2n) is 12.0. The number of benzene rings is 1. The van der Waals surface area contributed by atoms with Gasteiger partial charge in [-0.3, -0.25) is 28.7 Å². The summed E-state index contributed by atoms with van der Waals surface area (Å²) in [6, 6.07) is 17.0. The van der Waals surface area contributed by atoms with Gasteiger partial charge in [0.15, 0.2) is 0 Å². The third-order valence-electron chi connectivity index (χ3n) is 8.87. The van der Waals surface area contributed by atoms with Gasteiger partial charge < -0.3 is 18.9 Å². The first kappa shape index (κ1) is 38.5. The fourth-order valence-corrected chi connectivity index (χ4v) is 6.75. The Balaban J connectivity index is 0.000000178. The molecule has 1 radical (unpaired) electrons. The molecule has 0 N–H and O–H groups in total. The molecule has 0 atom stereocenters. The average Bonchev–Trinajstić information content (AvgIpc) is 3.24. The predicted molar refractivity (Wildman–Crippen MR) is 201 cm³/mol. The molecule has 7 aromatic rings. The van der Waals surface area contributed by atoms with E-state index >= 15 is 0 Å². The van der Waals surface area contributed by atoms with Crippen LogP contribution in [-0.4, -0.2) is 53.3 Å². The van der Waals surface area contributed by atoms with Crippen molar-refractivity contribution in [2.45, 2.75) is 13.2 Å². The molecule has 8 heterocycles. The molecule has 1 aromatic carbocycles. The summed E-state index contributed by atoms with van der Waals surface area (Å²) in [5.41, 5.74) is 4.26. The van der Waals surface area contributed by atoms with Crippen molar-refractivity contribution in [3.8, 4) is 74.6 Å². The number of pyridine rings is 4. The molecule has 0 saturated carbocycles. The maximum atomic E-state index is 14.4. The Hall–Kier alpha value is -6.74. The van der Waals surface area contributed by atoms with Crippen molar-refractivity contribution in [2.24, 2.45) is 0 Å². The summed E-state index contributed by atoms with van der Waals surface area (Å²) in [5, 5.41) is 9.53. The maximum absolute atomic E-state index is 14.4. The summed E-state index contributed by atoms with van der Waals surface area (Å²) in [5.74, 6) is 0.540. The minimum absolute atomic E-state index is 0. The van der Waals surface area contributed by atoms with Crippen molar-refractivity contribution < 1.29 is 41.9 Å². The van der Waals surface area contributed by atoms with Gasteiger partial charge in [-0.05, 0) is 58.4 Å². The van der Waals surface area contributed by atoms with Crippen molar-refractivity contribution in [3.05, 3.63) is 140 Å². The normalized spacial score (nSPS) is 11.6. The van der Waals surface area contributed by atoms with Gasteiger partial charge in [0.1, 0.15) is 48.0 Å². The predicted octanol–water partition coefficient (Wildman–Crippen LogP) is 5.62. The molecule has 0 saturated heterocycles. The van der Waals surface area contributed by atoms with Gasteiger partial charge in [0.25, 0.3) is 11.1 Å². The van der Waals surface area contributed by atoms with E-state index in [1.807, 2.05) is 18.2 Å². The van der Waals surface area contributed by atoms with E-state index in [1.165, 1.54) is 66.3 Å². The van der Waals surface area contributed by atoms with E-state index in [0.717, 1.165) is 5.56 Å². The first-order chi connectivity index (χ1) is 27.3. The Morgan fingerprint density at radius 2 is 1.21 bits per heavy atom. The van der Waals surface area contributed by atoms with Gasteiger partial charge in [0, 0.05) is 53.2 Å². The van der Waals surface area contributed by atoms with Crippen LogP contribution in [0.5, 0.6) is 23.5 Å². The molecule has 57 heavy (non-hydrogen) atoms. The van der Waals surface area contributed by atoms with Crippen molar-refractivity contribution >= 4 is 15.9 Å². The zero-order valence-electron chi connectivity index (χ0n) is 29.8. The van der Waals surface area contributed by atoms with Crippen LogP contribution < -0.4 is 30.1 Å². The molecule has 0 bridgehead atoms. The second-order valence-corrected chi connectivity index (χ2v) is 12.8. The van der Waals surface area contributed by atoms with Gasteiger partial charge in [-0.25, -0.2) is 24.3 Å². The van der Waals surface area contributed by atoms with Gasteiger partial charge in [-0.1, -0.05) is 12.1 Å². The van der Waals surface area contributed by atoms with Crippen LogP contribution in [0.25, 0.3) is 45.0 Å². The van der Waals surface area contributed by atoms with Crippen molar-refractivity contribution in [3.63, 3.8) is 0 Å². The summed E-state index contributed by atoms with van der Waals surface area (Å²) in [6.07, 6.45) is 9.27. The number of methoxy groups -OCH3 is 2. The van der Waals surface area contributed by atoms with Crippen LogP contribution in [0, 0.1) is 17.1 Å². The van der Waals surface area contributed by atoms with Crippen molar-refractivity contribution in [1.82, 2.24) is 39.0 Å². The summed E-state index contributed by atoms with van der Waals surface area (Å²) in [6.45, 7) is 0.354. The summed E-state index contributed by atoms with van der Waals surface area (Å²) < 4.78 is 39.2. The SMILES string of the molecule is COc1ncc(-n2c3c(cc(-c4cccc(F)c4C#N)c2=O)-c2ncccc2OC3)cn1.COc1ncc(-n2c3c(cc(Br)c2=O)-c2ncccc2OC3)cn1.[V]. The Labute approximate surface area is 342 Å². The zero-order valence-corrected chi connectivity index (χ0v) is 32.7. The van der Waals surface area contributed by atoms with E-state index in [2.05, 4.69) is 45.8 Å². The third-order valence-corrected chi connectivity index (χ3v) is 9.44. The van der Waals surface area contributed by atoms with E-state index in [-0.39, 0.29) is 66.0 Å². The van der Waals surface area contributed by atoms with Gasteiger partial charge in [0.2, 0.25) is 0 Å². The second kappa shape index (κ2) is 16.2. The standard InChI is InChI=1S/C23H14FN5O3.C16H11BrN4O3.V/c1-31-23-27-10-13(11-28-23)29-19-12-32-20-6-3-7-26-21(20)16(19)8-15(22(29)30)14-4-2-5-18(24)17(14)9-25;1-23-16-19-6-9(7-20-16)21-12-8-24-13-3-2-4-18-14(13)10(12)5-11(17)15(21)22;/h2-8,10-11H,12H2,1H3;2-7H,8H2,1H3;. The molecular formula is C39H25BrFN9O6V. The molecular weight excluding hydrogens is 840 g/mol. The monoisotopic (exact) mass is 864 g/mol. The summed E-state index contributed by atoms with van der Waals surface area (Å²) in [7, 11) is 2.92. The first-order valence-electron chi connectivity index (χ1n) is 16.6. The molecule has 9 rings (SSSR count). The van der Waals surface area contributed by atoms with Crippen LogP contribution in [0.2, 0.25) is 0 Å². The van der Waals surface area contributed by atoms with Crippen LogP contribution in [0.1, 0.15) is 17.0 Å². The van der Waals surface area contributed by atoms with Crippen LogP contribution in [0.3, 0.4) is 0 Å². The first-order valence-corrected chi connectivity index (χ1v) is 17.4. The number of nitriles is 1. The molecule has 0 unspecified atom stereocenters. The molecule has 15 nitrogen and oxygen atoms in total. The number of halogens is 2. The van der Waals surface area contributed by atoms with E-state index in [4.69, 9.17) is 18.9 Å². The smallest absolute Gasteiger partial charge is 0.316 e. The van der Waals surface area contributed by atoms with Crippen LogP contribution in [0.4, 0.5) is 4.39 Å². The minimum Gasteiger partial charge on any atom is -0.485 e. The molecule has 0 aliphatic carbocycles. The van der Waals surface area contributed by atoms with Gasteiger partial charge in [0.05, 0.1) is 71.8 Å². The average molecular weight is 866 g/mol. The minimum atomic E-state index is -0.705. The molecule has 0 amide bonds. The molecule has 0 spiro atoms. The van der Waals surface area contributed by atoms with E-state index < -0.39 is 11.4 Å². The fraction of sp³-hybridized carbons (Fsp3) is 0.103. The van der Waals surface area contributed by atoms with Gasteiger partial charge in [-0.15, -0.1) is 0 Å². The Morgan fingerprint density at radius 3 is 1.72 bits per heavy atom. The van der Waals surface area contributed by atoms with Crippen molar-refractivity contribution in [1.29, 1.82) is 5.26 Å². The zero-order chi connectivity index (χ0) is 38.9. The van der Waals surface area contributed by atoms with Gasteiger partial charge in [-0.2, -0.15) is 5.26 Å². The largest absolute Gasteiger partial charge is 0.485 e. The quantitative estimate of drug-likeness (QED) is 0.208. The maximum Gasteiger partial charge on any atom is 0.316 e. The van der Waals surface area contributed by atoms with Crippen LogP contribution in [-0.2, 0) is 31.8 Å². The van der Waals surface area contributed by atoms with E-state index in [9.17, 15) is 19.2 Å². The number of nitrogens with zero attached hydrogens (tertiary/aromatic N) is 9. The Bertz CT molecular complexity index is 2830. The van der Waals surface area contributed by atoms with Crippen molar-refractivity contribution in [2.75, 3.05) is 14.2 Å². The molecule has 0 fully saturated rings. The number of aromatic nitrogens is 8. The van der Waals surface area contributed by atoms with E-state index in [1.54, 1.807) is 36.7 Å². The summed E-state index contributed by atoms with van der Waals surface area (Å²) >= 11 is 3.34. The third kappa shape index (κ3) is 7.01. The Morgan fingerprint density at radius 1 is 0.702 bits per heavy atom. The van der Waals surface area contributed by atoms with Crippen LogP contribution in [0.15, 0.2) is 106 Å². The number of hydrogen-bond donors (Lipinski definition) is 0. The molecule has 2 aliphatic rings. The van der Waals surface area contributed by atoms with Crippen LogP contribution >= 0.6 is 15.9 Å². The Kier molecular flexibility index (Phi) is 10.9. The molecule has 2 aliphatic heterocycles. The van der Waals surface area contributed by atoms with E-state index in [0.29, 0.717) is 55.7 Å². The number of fused-ring (bicyclic) bond motifs is 6. The molecule has 6 aromatic heterocycles. The topological polar surface area (TPSA) is 182 Å².